The highest BCUT2D eigenvalue weighted by Crippen LogP contribution is 2.40. The lowest BCUT2D eigenvalue weighted by molar-refractivity contribution is -0.384. The number of carbonyl (C=O) groups excluding carboxylic acids is 3. The van der Waals surface area contributed by atoms with E-state index in [1.54, 1.807) is 17.0 Å². The molecule has 0 aliphatic carbocycles. The standard InChI is InChI=1S/C27H25N3O8/c1-17(37-27(33)38-19-13-11-18(12-14-19)30(34)35)25(31)28-24-22-9-4-3-7-20(22)21-8-5-6-10-23(21)29(26(24)32)15-16-36-2/h3-14,17,24H,15-16H2,1-2H3,(H,28,31)/t17-,24-/m0/s1. The molecular weight excluding hydrogens is 494 g/mol. The van der Waals surface area contributed by atoms with Crippen molar-refractivity contribution in [3.8, 4) is 16.9 Å². The Labute approximate surface area is 218 Å². The van der Waals surface area contributed by atoms with Gasteiger partial charge in [-0.15, -0.1) is 0 Å². The predicted octanol–water partition coefficient (Wildman–Crippen LogP) is 4.02. The van der Waals surface area contributed by atoms with Gasteiger partial charge in [-0.05, 0) is 36.2 Å². The van der Waals surface area contributed by atoms with Crippen LogP contribution >= 0.6 is 0 Å². The van der Waals surface area contributed by atoms with E-state index in [0.29, 0.717) is 11.3 Å². The lowest BCUT2D eigenvalue weighted by atomic mass is 9.95. The minimum absolute atomic E-state index is 0.00707. The molecule has 11 nitrogen and oxygen atoms in total. The monoisotopic (exact) mass is 519 g/mol. The molecule has 3 aromatic carbocycles. The molecule has 11 heteroatoms. The van der Waals surface area contributed by atoms with E-state index in [-0.39, 0.29) is 30.5 Å². The molecule has 1 aliphatic rings. The summed E-state index contributed by atoms with van der Waals surface area (Å²) in [5.74, 6) is -1.07. The molecule has 38 heavy (non-hydrogen) atoms. The zero-order valence-electron chi connectivity index (χ0n) is 20.7. The Hall–Kier alpha value is -4.77. The maximum Gasteiger partial charge on any atom is 0.514 e. The average molecular weight is 520 g/mol. The van der Waals surface area contributed by atoms with Crippen LogP contribution in [-0.2, 0) is 19.1 Å². The van der Waals surface area contributed by atoms with Gasteiger partial charge in [-0.25, -0.2) is 4.79 Å². The minimum atomic E-state index is -1.31. The lowest BCUT2D eigenvalue weighted by Crippen LogP contribution is -2.46. The predicted molar refractivity (Wildman–Crippen MR) is 137 cm³/mol. The van der Waals surface area contributed by atoms with E-state index in [2.05, 4.69) is 5.32 Å². The number of para-hydroxylation sites is 1. The third kappa shape index (κ3) is 5.62. The minimum Gasteiger partial charge on any atom is -0.421 e. The normalized spacial score (nSPS) is 14.9. The molecule has 1 aliphatic heterocycles. The lowest BCUT2D eigenvalue weighted by Gasteiger charge is -2.27. The summed E-state index contributed by atoms with van der Waals surface area (Å²) in [6, 6.07) is 18.5. The number of benzene rings is 3. The van der Waals surface area contributed by atoms with Crippen LogP contribution in [0.3, 0.4) is 0 Å². The number of anilines is 1. The van der Waals surface area contributed by atoms with Gasteiger partial charge in [-0.3, -0.25) is 19.7 Å². The quantitative estimate of drug-likeness (QED) is 0.204. The number of hydrogen-bond acceptors (Lipinski definition) is 8. The largest absolute Gasteiger partial charge is 0.514 e. The average Bonchev–Trinajstić information content (AvgIpc) is 3.01. The number of nitro benzene ring substituents is 1. The molecule has 0 saturated heterocycles. The molecule has 0 unspecified atom stereocenters. The Bertz CT molecular complexity index is 1360. The van der Waals surface area contributed by atoms with Crippen LogP contribution in [0.1, 0.15) is 18.5 Å². The zero-order valence-corrected chi connectivity index (χ0v) is 20.7. The molecule has 2 atom stereocenters. The highest BCUT2D eigenvalue weighted by molar-refractivity contribution is 6.06. The van der Waals surface area contributed by atoms with Crippen LogP contribution in [0.5, 0.6) is 5.75 Å². The Morgan fingerprint density at radius 1 is 1.03 bits per heavy atom. The maximum absolute atomic E-state index is 13.7. The fourth-order valence-corrected chi connectivity index (χ4v) is 4.10. The van der Waals surface area contributed by atoms with Crippen LogP contribution in [-0.4, -0.2) is 49.3 Å². The molecule has 0 bridgehead atoms. The van der Waals surface area contributed by atoms with E-state index in [1.165, 1.54) is 38.3 Å². The number of non-ortho nitro benzene ring substituents is 1. The van der Waals surface area contributed by atoms with Gasteiger partial charge in [0.25, 0.3) is 17.5 Å². The SMILES string of the molecule is COCCN1C(=O)[C@@H](NC(=O)[C@H](C)OC(=O)Oc2ccc([N+](=O)[O-])cc2)c2ccccc2-c2ccccc21. The highest BCUT2D eigenvalue weighted by Gasteiger charge is 2.36. The van der Waals surface area contributed by atoms with E-state index >= 15 is 0 Å². The number of methoxy groups -OCH3 is 1. The van der Waals surface area contributed by atoms with E-state index in [9.17, 15) is 24.5 Å². The third-order valence-electron chi connectivity index (χ3n) is 5.97. The number of nitrogens with one attached hydrogen (secondary N) is 1. The second-order valence-electron chi connectivity index (χ2n) is 8.39. The van der Waals surface area contributed by atoms with Crippen molar-refractivity contribution in [2.75, 3.05) is 25.2 Å². The van der Waals surface area contributed by atoms with Gasteiger partial charge in [0.1, 0.15) is 11.8 Å². The Kier molecular flexibility index (Phi) is 7.97. The van der Waals surface area contributed by atoms with Gasteiger partial charge in [0, 0.05) is 31.4 Å². The number of fused-ring (bicyclic) bond motifs is 3. The number of carbonyl (C=O) groups is 3. The van der Waals surface area contributed by atoms with Crippen molar-refractivity contribution in [1.82, 2.24) is 5.32 Å². The number of rotatable bonds is 8. The van der Waals surface area contributed by atoms with Crippen LogP contribution in [0.4, 0.5) is 16.2 Å². The second kappa shape index (κ2) is 11.5. The molecule has 3 aromatic rings. The van der Waals surface area contributed by atoms with Crippen molar-refractivity contribution >= 4 is 29.3 Å². The van der Waals surface area contributed by atoms with Crippen molar-refractivity contribution in [3.63, 3.8) is 0 Å². The van der Waals surface area contributed by atoms with Crippen LogP contribution < -0.4 is 15.0 Å². The third-order valence-corrected chi connectivity index (χ3v) is 5.97. The smallest absolute Gasteiger partial charge is 0.421 e. The van der Waals surface area contributed by atoms with E-state index < -0.39 is 29.1 Å². The van der Waals surface area contributed by atoms with E-state index in [0.717, 1.165) is 11.1 Å². The fourth-order valence-electron chi connectivity index (χ4n) is 4.10. The number of amides is 2. The van der Waals surface area contributed by atoms with Crippen molar-refractivity contribution in [1.29, 1.82) is 0 Å². The first-order chi connectivity index (χ1) is 18.3. The zero-order chi connectivity index (χ0) is 27.2. The molecule has 0 radical (unpaired) electrons. The number of nitro groups is 1. The van der Waals surface area contributed by atoms with Crippen LogP contribution in [0.2, 0.25) is 0 Å². The van der Waals surface area contributed by atoms with Gasteiger partial charge in [0.05, 0.1) is 17.2 Å². The van der Waals surface area contributed by atoms with Gasteiger partial charge >= 0.3 is 6.16 Å². The van der Waals surface area contributed by atoms with E-state index in [1.807, 2.05) is 36.4 Å². The van der Waals surface area contributed by atoms with E-state index in [4.69, 9.17) is 14.2 Å². The molecule has 1 heterocycles. The summed E-state index contributed by atoms with van der Waals surface area (Å²) in [4.78, 5) is 50.8. The first-order valence-electron chi connectivity index (χ1n) is 11.7. The van der Waals surface area contributed by atoms with Gasteiger partial charge in [0.2, 0.25) is 0 Å². The summed E-state index contributed by atoms with van der Waals surface area (Å²) in [5, 5.41) is 13.5. The van der Waals surface area contributed by atoms with Crippen molar-refractivity contribution < 1.29 is 33.5 Å². The maximum atomic E-state index is 13.7. The topological polar surface area (TPSA) is 137 Å². The summed E-state index contributed by atoms with van der Waals surface area (Å²) in [6.45, 7) is 1.89. The first-order valence-corrected chi connectivity index (χ1v) is 11.7. The van der Waals surface area contributed by atoms with Gasteiger partial charge < -0.3 is 24.4 Å². The van der Waals surface area contributed by atoms with Crippen molar-refractivity contribution in [3.05, 3.63) is 88.5 Å². The molecule has 0 spiro atoms. The Morgan fingerprint density at radius 3 is 2.37 bits per heavy atom. The molecule has 4 rings (SSSR count). The van der Waals surface area contributed by atoms with Crippen molar-refractivity contribution in [2.45, 2.75) is 19.1 Å². The molecule has 1 N–H and O–H groups in total. The van der Waals surface area contributed by atoms with Crippen molar-refractivity contribution in [2.24, 2.45) is 0 Å². The molecule has 0 aromatic heterocycles. The first kappa shape index (κ1) is 26.3. The summed E-state index contributed by atoms with van der Waals surface area (Å²) in [6.07, 6.45) is -2.48. The molecule has 0 saturated carbocycles. The van der Waals surface area contributed by atoms with Crippen LogP contribution in [0, 0.1) is 10.1 Å². The molecule has 196 valence electrons. The van der Waals surface area contributed by atoms with Gasteiger partial charge in [-0.1, -0.05) is 42.5 Å². The van der Waals surface area contributed by atoms with Crippen LogP contribution in [0.25, 0.3) is 11.1 Å². The Balaban J connectivity index is 1.52. The highest BCUT2D eigenvalue weighted by atomic mass is 16.7. The molecule has 0 fully saturated rings. The number of hydrogen-bond donors (Lipinski definition) is 1. The van der Waals surface area contributed by atoms with Crippen LogP contribution in [0.15, 0.2) is 72.8 Å². The summed E-state index contributed by atoms with van der Waals surface area (Å²) in [5.41, 5.74) is 2.73. The number of ether oxygens (including phenoxy) is 3. The summed E-state index contributed by atoms with van der Waals surface area (Å²) in [7, 11) is 1.54. The van der Waals surface area contributed by atoms with Gasteiger partial charge in [-0.2, -0.15) is 0 Å². The molecule has 2 amide bonds. The Morgan fingerprint density at radius 2 is 1.68 bits per heavy atom. The fraction of sp³-hybridized carbons (Fsp3) is 0.222. The molecular formula is C27H25N3O8. The van der Waals surface area contributed by atoms with Gasteiger partial charge in [0.15, 0.2) is 6.10 Å². The summed E-state index contributed by atoms with van der Waals surface area (Å²) >= 11 is 0. The number of nitrogens with zero attached hydrogens (tertiary/aromatic N) is 2. The second-order valence-corrected chi connectivity index (χ2v) is 8.39. The summed E-state index contributed by atoms with van der Waals surface area (Å²) < 4.78 is 15.3.